The fourth-order valence-corrected chi connectivity index (χ4v) is 7.64. The summed E-state index contributed by atoms with van der Waals surface area (Å²) in [6.45, 7) is -0.464. The van der Waals surface area contributed by atoms with E-state index in [0.29, 0.717) is 17.7 Å². The van der Waals surface area contributed by atoms with E-state index in [1.165, 1.54) is 9.80 Å². The van der Waals surface area contributed by atoms with E-state index < -0.39 is 47.4 Å². The van der Waals surface area contributed by atoms with Gasteiger partial charge in [-0.05, 0) is 46.9 Å². The number of guanidine groups is 2. The molecule has 0 bridgehead atoms. The minimum atomic E-state index is -2.64. The number of imide groups is 1. The number of carbonyl (C=O) groups excluding carboxylic acids is 3. The van der Waals surface area contributed by atoms with Crippen LogP contribution in [0.3, 0.4) is 0 Å². The normalized spacial score (nSPS) is 27.0. The predicted octanol–water partition coefficient (Wildman–Crippen LogP) is -2.42. The van der Waals surface area contributed by atoms with E-state index in [9.17, 15) is 24.6 Å². The van der Waals surface area contributed by atoms with Gasteiger partial charge in [0.05, 0.1) is 13.1 Å². The highest BCUT2D eigenvalue weighted by molar-refractivity contribution is 6.12. The Hall–Kier alpha value is -5.47. The lowest BCUT2D eigenvalue weighted by Gasteiger charge is -2.46. The Morgan fingerprint density at radius 1 is 1.02 bits per heavy atom. The van der Waals surface area contributed by atoms with Gasteiger partial charge in [0.1, 0.15) is 18.6 Å². The lowest BCUT2D eigenvalue weighted by molar-refractivity contribution is -0.521. The van der Waals surface area contributed by atoms with Gasteiger partial charge in [-0.1, -0.05) is 54.6 Å². The number of aliphatic hydroxyl groups is 2. The van der Waals surface area contributed by atoms with Gasteiger partial charge < -0.3 is 21.3 Å². The van der Waals surface area contributed by atoms with Crippen molar-refractivity contribution in [2.75, 3.05) is 24.5 Å². The summed E-state index contributed by atoms with van der Waals surface area (Å²) in [5.74, 6) is -3.59. The van der Waals surface area contributed by atoms with Crippen molar-refractivity contribution in [2.45, 2.75) is 36.0 Å². The highest BCUT2D eigenvalue weighted by Crippen LogP contribution is 2.42. The molecule has 4 heterocycles. The van der Waals surface area contributed by atoms with Crippen molar-refractivity contribution in [1.82, 2.24) is 20.4 Å². The molecule has 2 fully saturated rings. The number of nitrogens with one attached hydrogen (secondary N) is 3. The number of para-hydroxylation sites is 1. The van der Waals surface area contributed by atoms with Crippen LogP contribution in [0.1, 0.15) is 21.5 Å². The van der Waals surface area contributed by atoms with Gasteiger partial charge in [-0.2, -0.15) is 0 Å². The lowest BCUT2D eigenvalue weighted by atomic mass is 9.84. The number of hydrogen-bond donors (Lipinski definition) is 7. The molecular weight excluding hydrogens is 590 g/mol. The maximum atomic E-state index is 13.8. The zero-order valence-corrected chi connectivity index (χ0v) is 24.6. The second-order valence-corrected chi connectivity index (χ2v) is 12.2. The summed E-state index contributed by atoms with van der Waals surface area (Å²) in [5, 5.41) is 29.6. The first-order valence-electron chi connectivity index (χ1n) is 15.0. The van der Waals surface area contributed by atoms with E-state index in [-0.39, 0.29) is 31.6 Å². The number of fused-ring (bicyclic) bond motifs is 3. The number of rotatable bonds is 5. The third-order valence-corrected chi connectivity index (χ3v) is 9.78. The molecule has 14 heteroatoms. The maximum Gasteiger partial charge on any atom is 0.343 e. The van der Waals surface area contributed by atoms with Crippen LogP contribution in [-0.4, -0.2) is 99.0 Å². The SMILES string of the molecule is NC1=N[C@@H](CN2C(=O)CN(c3ccccc3)C2=O)[C@@H]2[NH+]=C(N)N[C@]23N1C[C@H](NC(=O)c1cccc2c1Cc1ccccc1-2)C3(O)O. The van der Waals surface area contributed by atoms with E-state index in [1.807, 2.05) is 36.4 Å². The monoisotopic (exact) mass is 622 g/mol. The van der Waals surface area contributed by atoms with Gasteiger partial charge in [0, 0.05) is 11.3 Å². The van der Waals surface area contributed by atoms with Crippen LogP contribution < -0.4 is 32.0 Å². The average Bonchev–Trinajstić information content (AvgIpc) is 3.75. The summed E-state index contributed by atoms with van der Waals surface area (Å²) in [7, 11) is 0. The molecular formula is C32H32N9O5+. The van der Waals surface area contributed by atoms with Gasteiger partial charge in [0.2, 0.25) is 5.79 Å². The summed E-state index contributed by atoms with van der Waals surface area (Å²) in [6.07, 6.45) is 0.579. The van der Waals surface area contributed by atoms with Crippen molar-refractivity contribution in [1.29, 1.82) is 0 Å². The molecule has 234 valence electrons. The number of aliphatic imine (C=N–C) groups is 1. The molecule has 8 rings (SSSR count). The minimum Gasteiger partial charge on any atom is -0.370 e. The summed E-state index contributed by atoms with van der Waals surface area (Å²) >= 11 is 0. The number of nitrogens with two attached hydrogens (primary N) is 2. The first-order chi connectivity index (χ1) is 22.1. The molecule has 3 aromatic carbocycles. The zero-order chi connectivity index (χ0) is 32.0. The third kappa shape index (κ3) is 3.80. The Kier molecular flexibility index (Phi) is 5.95. The summed E-state index contributed by atoms with van der Waals surface area (Å²) in [5.41, 5.74) is 15.8. The van der Waals surface area contributed by atoms with Crippen LogP contribution in [0.15, 0.2) is 77.8 Å². The molecule has 4 aliphatic heterocycles. The number of carbonyl (C=O) groups is 3. The fraction of sp³-hybridized carbons (Fsp3) is 0.281. The Labute approximate surface area is 263 Å². The van der Waals surface area contributed by atoms with Crippen LogP contribution in [0, 0.1) is 0 Å². The van der Waals surface area contributed by atoms with E-state index in [1.54, 1.807) is 36.4 Å². The molecule has 9 N–H and O–H groups in total. The lowest BCUT2D eigenvalue weighted by Crippen LogP contribution is -2.90. The van der Waals surface area contributed by atoms with Crippen LogP contribution in [-0.2, 0) is 11.2 Å². The molecule has 1 aliphatic carbocycles. The van der Waals surface area contributed by atoms with Crippen molar-refractivity contribution in [2.24, 2.45) is 16.5 Å². The number of benzene rings is 3. The largest absolute Gasteiger partial charge is 0.370 e. The number of urea groups is 1. The molecule has 1 spiro atoms. The number of hydrogen-bond acceptors (Lipinski definition) is 10. The Bertz CT molecular complexity index is 1880. The van der Waals surface area contributed by atoms with Gasteiger partial charge in [-0.15, -0.1) is 0 Å². The third-order valence-electron chi connectivity index (χ3n) is 9.78. The number of nitrogens with zero attached hydrogens (tertiary/aromatic N) is 4. The summed E-state index contributed by atoms with van der Waals surface area (Å²) in [6, 6.07) is 18.6. The van der Waals surface area contributed by atoms with Crippen LogP contribution in [0.5, 0.6) is 0 Å². The van der Waals surface area contributed by atoms with Gasteiger partial charge in [0.15, 0.2) is 12.0 Å². The first-order valence-corrected chi connectivity index (χ1v) is 15.0. The minimum absolute atomic E-state index is 0.0213. The maximum absolute atomic E-state index is 13.8. The van der Waals surface area contributed by atoms with Crippen molar-refractivity contribution in [3.63, 3.8) is 0 Å². The quantitative estimate of drug-likeness (QED) is 0.0934. The number of amides is 4. The van der Waals surface area contributed by atoms with Gasteiger partial charge in [0.25, 0.3) is 17.5 Å². The Balaban J connectivity index is 1.07. The van der Waals surface area contributed by atoms with E-state index in [4.69, 9.17) is 11.5 Å². The fourth-order valence-electron chi connectivity index (χ4n) is 7.64. The standard InChI is InChI=1S/C32H31N9O5/c33-28-37-26-23(14-40-25(42)16-39(30(40)44)18-8-2-1-3-9-18)35-29(34)41-15-24(32(45,46)31(26,41)38-28)36-27(43)21-12-6-11-20-19-10-5-4-7-17(19)13-22(20)21/h1-12,23-24,26,45-46H,13-16H2,(H2,34,35)(H,36,43)(H3,33,37,38)/p+1/t23-,24-,26-,31-/m0/s1. The molecule has 0 radical (unpaired) electrons. The molecule has 5 aliphatic rings. The molecule has 0 saturated carbocycles. The smallest absolute Gasteiger partial charge is 0.343 e. The molecule has 46 heavy (non-hydrogen) atoms. The molecule has 4 amide bonds. The van der Waals surface area contributed by atoms with Crippen LogP contribution >= 0.6 is 0 Å². The van der Waals surface area contributed by atoms with Gasteiger partial charge in [-0.25, -0.2) is 15.1 Å². The number of anilines is 1. The average molecular weight is 623 g/mol. The van der Waals surface area contributed by atoms with Gasteiger partial charge >= 0.3 is 12.0 Å². The summed E-state index contributed by atoms with van der Waals surface area (Å²) in [4.78, 5) is 51.7. The van der Waals surface area contributed by atoms with Crippen LogP contribution in [0.2, 0.25) is 0 Å². The van der Waals surface area contributed by atoms with Crippen molar-refractivity contribution < 1.29 is 29.6 Å². The molecule has 14 nitrogen and oxygen atoms in total. The highest BCUT2D eigenvalue weighted by Gasteiger charge is 2.76. The second kappa shape index (κ2) is 9.76. The Morgan fingerprint density at radius 2 is 1.76 bits per heavy atom. The zero-order valence-electron chi connectivity index (χ0n) is 24.6. The first kappa shape index (κ1) is 28.0. The van der Waals surface area contributed by atoms with Crippen LogP contribution in [0.25, 0.3) is 11.1 Å². The van der Waals surface area contributed by atoms with E-state index in [0.717, 1.165) is 27.2 Å². The molecule has 4 atom stereocenters. The molecule has 0 unspecified atom stereocenters. The predicted molar refractivity (Wildman–Crippen MR) is 166 cm³/mol. The van der Waals surface area contributed by atoms with E-state index in [2.05, 4.69) is 20.6 Å². The second-order valence-electron chi connectivity index (χ2n) is 12.2. The molecule has 2 saturated heterocycles. The van der Waals surface area contributed by atoms with Crippen molar-refractivity contribution in [3.05, 3.63) is 89.5 Å². The molecule has 0 aromatic heterocycles. The molecule has 3 aromatic rings. The van der Waals surface area contributed by atoms with E-state index >= 15 is 0 Å². The van der Waals surface area contributed by atoms with Crippen molar-refractivity contribution in [3.8, 4) is 11.1 Å². The highest BCUT2D eigenvalue weighted by atomic mass is 16.5. The van der Waals surface area contributed by atoms with Gasteiger partial charge in [-0.3, -0.25) is 35.0 Å². The van der Waals surface area contributed by atoms with Crippen LogP contribution in [0.4, 0.5) is 10.5 Å². The summed E-state index contributed by atoms with van der Waals surface area (Å²) < 4.78 is 0. The topological polar surface area (TPSA) is 204 Å². The van der Waals surface area contributed by atoms with Crippen molar-refractivity contribution >= 4 is 35.5 Å². The Morgan fingerprint density at radius 3 is 2.57 bits per heavy atom.